The van der Waals surface area contributed by atoms with Crippen LogP contribution in [-0.4, -0.2) is 68.3 Å². The molecule has 1 saturated heterocycles. The SMILES string of the molecule is CC(C)CN(CC(C)C)C(=O)NCCN1CCOCC1. The van der Waals surface area contributed by atoms with Crippen LogP contribution in [0.15, 0.2) is 0 Å². The number of carbonyl (C=O) groups is 1. The fourth-order valence-electron chi connectivity index (χ4n) is 2.38. The lowest BCUT2D eigenvalue weighted by Gasteiger charge is -2.29. The number of hydrogen-bond donors (Lipinski definition) is 1. The summed E-state index contributed by atoms with van der Waals surface area (Å²) in [4.78, 5) is 16.5. The average molecular weight is 285 g/mol. The second-order valence-electron chi connectivity index (χ2n) is 6.38. The van der Waals surface area contributed by atoms with Crippen LogP contribution in [0.4, 0.5) is 4.79 Å². The zero-order valence-corrected chi connectivity index (χ0v) is 13.5. The van der Waals surface area contributed by atoms with Crippen LogP contribution in [0.3, 0.4) is 0 Å². The van der Waals surface area contributed by atoms with Crippen LogP contribution < -0.4 is 5.32 Å². The number of nitrogens with zero attached hydrogens (tertiary/aromatic N) is 2. The number of nitrogens with one attached hydrogen (secondary N) is 1. The number of carbonyl (C=O) groups excluding carboxylic acids is 1. The van der Waals surface area contributed by atoms with Gasteiger partial charge in [-0.1, -0.05) is 27.7 Å². The number of morpholine rings is 1. The number of rotatable bonds is 7. The Balaban J connectivity index is 2.29. The third-order valence-corrected chi connectivity index (χ3v) is 3.27. The highest BCUT2D eigenvalue weighted by Crippen LogP contribution is 2.04. The molecule has 0 aromatic rings. The molecule has 2 amide bonds. The summed E-state index contributed by atoms with van der Waals surface area (Å²) in [5.41, 5.74) is 0. The lowest BCUT2D eigenvalue weighted by molar-refractivity contribution is 0.0385. The fraction of sp³-hybridized carbons (Fsp3) is 0.933. The van der Waals surface area contributed by atoms with Crippen molar-refractivity contribution in [2.24, 2.45) is 11.8 Å². The Kier molecular flexibility index (Phi) is 7.92. The molecule has 0 unspecified atom stereocenters. The molecule has 0 spiro atoms. The number of urea groups is 1. The van der Waals surface area contributed by atoms with Gasteiger partial charge in [-0.05, 0) is 11.8 Å². The molecule has 0 radical (unpaired) electrons. The summed E-state index contributed by atoms with van der Waals surface area (Å²) >= 11 is 0. The molecule has 1 fully saturated rings. The van der Waals surface area contributed by atoms with Crippen molar-refractivity contribution in [1.29, 1.82) is 0 Å². The predicted molar refractivity (Wildman–Crippen MR) is 81.9 cm³/mol. The Morgan fingerprint density at radius 2 is 1.70 bits per heavy atom. The van der Waals surface area contributed by atoms with Gasteiger partial charge in [0, 0.05) is 39.3 Å². The Morgan fingerprint density at radius 3 is 2.20 bits per heavy atom. The Labute approximate surface area is 123 Å². The number of ether oxygens (including phenoxy) is 1. The third kappa shape index (κ3) is 7.10. The minimum atomic E-state index is 0.0701. The highest BCUT2D eigenvalue weighted by atomic mass is 16.5. The first kappa shape index (κ1) is 17.2. The van der Waals surface area contributed by atoms with Gasteiger partial charge < -0.3 is 15.0 Å². The quantitative estimate of drug-likeness (QED) is 0.773. The first-order valence-corrected chi connectivity index (χ1v) is 7.82. The highest BCUT2D eigenvalue weighted by molar-refractivity contribution is 5.74. The maximum atomic E-state index is 12.2. The van der Waals surface area contributed by atoms with E-state index in [9.17, 15) is 4.79 Å². The minimum absolute atomic E-state index is 0.0701. The van der Waals surface area contributed by atoms with Gasteiger partial charge in [-0.15, -0.1) is 0 Å². The van der Waals surface area contributed by atoms with E-state index >= 15 is 0 Å². The second kappa shape index (κ2) is 9.19. The Hall–Kier alpha value is -0.810. The van der Waals surface area contributed by atoms with Crippen molar-refractivity contribution in [2.75, 3.05) is 52.5 Å². The molecule has 0 aromatic heterocycles. The standard InChI is InChI=1S/C15H31N3O2/c1-13(2)11-18(12-14(3)4)15(19)16-5-6-17-7-9-20-10-8-17/h13-14H,5-12H2,1-4H3,(H,16,19). The zero-order chi connectivity index (χ0) is 15.0. The van der Waals surface area contributed by atoms with Gasteiger partial charge in [0.05, 0.1) is 13.2 Å². The summed E-state index contributed by atoms with van der Waals surface area (Å²) in [6, 6.07) is 0.0701. The van der Waals surface area contributed by atoms with Crippen molar-refractivity contribution in [2.45, 2.75) is 27.7 Å². The van der Waals surface area contributed by atoms with E-state index in [4.69, 9.17) is 4.74 Å². The van der Waals surface area contributed by atoms with Crippen LogP contribution in [0.25, 0.3) is 0 Å². The lowest BCUT2D eigenvalue weighted by atomic mass is 10.1. The van der Waals surface area contributed by atoms with Crippen molar-refractivity contribution >= 4 is 6.03 Å². The molecular weight excluding hydrogens is 254 g/mol. The van der Waals surface area contributed by atoms with Crippen molar-refractivity contribution < 1.29 is 9.53 Å². The van der Waals surface area contributed by atoms with E-state index in [1.54, 1.807) is 0 Å². The van der Waals surface area contributed by atoms with Crippen LogP contribution in [0.5, 0.6) is 0 Å². The van der Waals surface area contributed by atoms with Gasteiger partial charge in [0.25, 0.3) is 0 Å². The summed E-state index contributed by atoms with van der Waals surface area (Å²) in [7, 11) is 0. The van der Waals surface area contributed by atoms with E-state index in [0.717, 1.165) is 45.9 Å². The maximum absolute atomic E-state index is 12.2. The van der Waals surface area contributed by atoms with Crippen molar-refractivity contribution in [3.63, 3.8) is 0 Å². The monoisotopic (exact) mass is 285 g/mol. The Morgan fingerprint density at radius 1 is 1.15 bits per heavy atom. The van der Waals surface area contributed by atoms with Crippen LogP contribution in [0.2, 0.25) is 0 Å². The van der Waals surface area contributed by atoms with E-state index in [2.05, 4.69) is 37.9 Å². The average Bonchev–Trinajstić information content (AvgIpc) is 2.38. The largest absolute Gasteiger partial charge is 0.379 e. The van der Waals surface area contributed by atoms with Crippen molar-refractivity contribution in [3.8, 4) is 0 Å². The third-order valence-electron chi connectivity index (χ3n) is 3.27. The molecule has 0 aromatic carbocycles. The summed E-state index contributed by atoms with van der Waals surface area (Å²) < 4.78 is 5.32. The van der Waals surface area contributed by atoms with Crippen LogP contribution in [0.1, 0.15) is 27.7 Å². The van der Waals surface area contributed by atoms with Gasteiger partial charge >= 0.3 is 6.03 Å². The van der Waals surface area contributed by atoms with Crippen molar-refractivity contribution in [1.82, 2.24) is 15.1 Å². The molecule has 20 heavy (non-hydrogen) atoms. The highest BCUT2D eigenvalue weighted by Gasteiger charge is 2.16. The molecule has 118 valence electrons. The van der Waals surface area contributed by atoms with Gasteiger partial charge in [0.15, 0.2) is 0 Å². The van der Waals surface area contributed by atoms with E-state index < -0.39 is 0 Å². The molecule has 1 heterocycles. The normalized spacial score (nSPS) is 16.7. The first-order valence-electron chi connectivity index (χ1n) is 7.82. The summed E-state index contributed by atoms with van der Waals surface area (Å²) in [6.07, 6.45) is 0. The molecule has 1 aliphatic rings. The lowest BCUT2D eigenvalue weighted by Crippen LogP contribution is -2.47. The number of amides is 2. The van der Waals surface area contributed by atoms with E-state index in [1.807, 2.05) is 4.90 Å². The van der Waals surface area contributed by atoms with Crippen molar-refractivity contribution in [3.05, 3.63) is 0 Å². The molecule has 0 saturated carbocycles. The fourth-order valence-corrected chi connectivity index (χ4v) is 2.38. The zero-order valence-electron chi connectivity index (χ0n) is 13.5. The smallest absolute Gasteiger partial charge is 0.317 e. The maximum Gasteiger partial charge on any atom is 0.317 e. The topological polar surface area (TPSA) is 44.8 Å². The molecule has 0 bridgehead atoms. The number of hydrogen-bond acceptors (Lipinski definition) is 3. The van der Waals surface area contributed by atoms with E-state index in [-0.39, 0.29) is 6.03 Å². The van der Waals surface area contributed by atoms with Crippen LogP contribution in [0, 0.1) is 11.8 Å². The summed E-state index contributed by atoms with van der Waals surface area (Å²) in [5, 5.41) is 3.05. The van der Waals surface area contributed by atoms with E-state index in [1.165, 1.54) is 0 Å². The molecule has 0 atom stereocenters. The van der Waals surface area contributed by atoms with Crippen LogP contribution >= 0.6 is 0 Å². The molecule has 1 rings (SSSR count). The molecule has 5 nitrogen and oxygen atoms in total. The minimum Gasteiger partial charge on any atom is -0.379 e. The Bertz CT molecular complexity index is 266. The molecule has 1 aliphatic heterocycles. The molecule has 5 heteroatoms. The summed E-state index contributed by atoms with van der Waals surface area (Å²) in [6.45, 7) is 15.4. The molecule has 1 N–H and O–H groups in total. The van der Waals surface area contributed by atoms with Crippen LogP contribution in [-0.2, 0) is 4.74 Å². The van der Waals surface area contributed by atoms with Gasteiger partial charge in [0.2, 0.25) is 0 Å². The van der Waals surface area contributed by atoms with Gasteiger partial charge in [0.1, 0.15) is 0 Å². The van der Waals surface area contributed by atoms with Gasteiger partial charge in [-0.2, -0.15) is 0 Å². The molecule has 0 aliphatic carbocycles. The predicted octanol–water partition coefficient (Wildman–Crippen LogP) is 1.64. The van der Waals surface area contributed by atoms with Gasteiger partial charge in [-0.3, -0.25) is 4.90 Å². The second-order valence-corrected chi connectivity index (χ2v) is 6.38. The van der Waals surface area contributed by atoms with E-state index in [0.29, 0.717) is 18.4 Å². The summed E-state index contributed by atoms with van der Waals surface area (Å²) in [5.74, 6) is 0.998. The van der Waals surface area contributed by atoms with Gasteiger partial charge in [-0.25, -0.2) is 4.79 Å². The molecular formula is C15H31N3O2. The first-order chi connectivity index (χ1) is 9.49.